The zero-order valence-electron chi connectivity index (χ0n) is 19.1. The van der Waals surface area contributed by atoms with Crippen molar-refractivity contribution in [2.75, 3.05) is 0 Å². The molecule has 0 bridgehead atoms. The third kappa shape index (κ3) is 27.6. The Kier molecular flexibility index (Phi) is 29.2. The predicted molar refractivity (Wildman–Crippen MR) is 130 cm³/mol. The van der Waals surface area contributed by atoms with Crippen LogP contribution in [0.25, 0.3) is 0 Å². The molecule has 0 fully saturated rings. The number of unbranched alkanes of at least 4 members (excludes halogenated alkanes) is 18. The van der Waals surface area contributed by atoms with Crippen molar-refractivity contribution in [1.29, 1.82) is 0 Å². The van der Waals surface area contributed by atoms with Crippen molar-refractivity contribution in [3.05, 3.63) is 0 Å². The summed E-state index contributed by atoms with van der Waals surface area (Å²) >= 11 is 0.868. The van der Waals surface area contributed by atoms with Gasteiger partial charge < -0.3 is 0 Å². The second-order valence-corrected chi connectivity index (χ2v) is 18.1. The van der Waals surface area contributed by atoms with Gasteiger partial charge in [-0.15, -0.1) is 0 Å². The van der Waals surface area contributed by atoms with E-state index in [4.69, 9.17) is 0 Å². The molecule has 0 aliphatic rings. The Bertz CT molecular complexity index is 218. The molecular formula is C25H52Te2. The summed E-state index contributed by atoms with van der Waals surface area (Å²) in [4.78, 5) is 0. The van der Waals surface area contributed by atoms with E-state index in [1.165, 1.54) is 103 Å². The molecule has 0 aromatic carbocycles. The second-order valence-electron chi connectivity index (χ2n) is 8.30. The molecule has 0 saturated heterocycles. The normalized spacial score (nSPS) is 11.3. The zero-order valence-corrected chi connectivity index (χ0v) is 23.7. The molecule has 0 N–H and O–H groups in total. The van der Waals surface area contributed by atoms with Crippen molar-refractivity contribution in [2.24, 2.45) is 0 Å². The van der Waals surface area contributed by atoms with Gasteiger partial charge >= 0.3 is 196 Å². The van der Waals surface area contributed by atoms with E-state index in [1.807, 2.05) is 0 Å². The van der Waals surface area contributed by atoms with Crippen LogP contribution >= 0.6 is 0 Å². The van der Waals surface area contributed by atoms with Crippen molar-refractivity contribution in [2.45, 2.75) is 154 Å². The van der Waals surface area contributed by atoms with Crippen LogP contribution in [0.5, 0.6) is 0 Å². The Hall–Kier alpha value is 1.58. The van der Waals surface area contributed by atoms with Gasteiger partial charge in [-0.1, -0.05) is 0 Å². The van der Waals surface area contributed by atoms with Crippen molar-refractivity contribution < 1.29 is 0 Å². The molecule has 0 aromatic heterocycles. The third-order valence-corrected chi connectivity index (χ3v) is 16.1. The Morgan fingerprint density at radius 3 is 0.889 bits per heavy atom. The van der Waals surface area contributed by atoms with Gasteiger partial charge in [-0.2, -0.15) is 0 Å². The third-order valence-electron chi connectivity index (χ3n) is 5.45. The molecule has 0 amide bonds. The molecule has 0 atom stereocenters. The van der Waals surface area contributed by atoms with Crippen LogP contribution in [0.1, 0.15) is 142 Å². The summed E-state index contributed by atoms with van der Waals surface area (Å²) in [6.07, 6.45) is 29.9. The van der Waals surface area contributed by atoms with E-state index in [1.54, 1.807) is 37.1 Å². The molecule has 27 heavy (non-hydrogen) atoms. The summed E-state index contributed by atoms with van der Waals surface area (Å²) in [7, 11) is 0. The maximum atomic E-state index is 2.31. The standard InChI is InChI=1S/C25H52Te2/c1-3-5-7-9-11-13-15-17-19-21-23-26-25-27-24-22-20-18-16-14-12-10-8-6-4-2/h3-25H2,1-2H3. The number of hydrogen-bond acceptors (Lipinski definition) is 0. The van der Waals surface area contributed by atoms with E-state index in [0.29, 0.717) is 41.8 Å². The fourth-order valence-electron chi connectivity index (χ4n) is 3.56. The molecule has 0 saturated carbocycles. The van der Waals surface area contributed by atoms with Gasteiger partial charge in [-0.3, -0.25) is 0 Å². The van der Waals surface area contributed by atoms with Gasteiger partial charge in [0, 0.05) is 0 Å². The molecule has 0 aliphatic carbocycles. The first kappa shape index (κ1) is 28.6. The summed E-state index contributed by atoms with van der Waals surface area (Å²) < 4.78 is 5.07. The van der Waals surface area contributed by atoms with Crippen LogP contribution in [0.4, 0.5) is 0 Å². The first-order chi connectivity index (χ1) is 13.4. The number of rotatable bonds is 24. The molecule has 0 unspecified atom stereocenters. The van der Waals surface area contributed by atoms with Crippen LogP contribution in [0.2, 0.25) is 11.5 Å². The van der Waals surface area contributed by atoms with Gasteiger partial charge in [0.05, 0.1) is 0 Å². The summed E-state index contributed by atoms with van der Waals surface area (Å²) in [6.45, 7) is 4.62. The molecule has 0 rings (SSSR count). The Morgan fingerprint density at radius 2 is 0.593 bits per heavy atom. The zero-order chi connectivity index (χ0) is 19.7. The van der Waals surface area contributed by atoms with Crippen molar-refractivity contribution in [3.63, 3.8) is 0 Å². The molecular weight excluding hydrogens is 555 g/mol. The topological polar surface area (TPSA) is 0 Å². The van der Waals surface area contributed by atoms with E-state index in [-0.39, 0.29) is 0 Å². The summed E-state index contributed by atoms with van der Waals surface area (Å²) in [6, 6.07) is 0. The van der Waals surface area contributed by atoms with Crippen LogP contribution < -0.4 is 0 Å². The monoisotopic (exact) mass is 612 g/mol. The molecule has 0 heterocycles. The van der Waals surface area contributed by atoms with Gasteiger partial charge in [-0.25, -0.2) is 0 Å². The van der Waals surface area contributed by atoms with Gasteiger partial charge in [0.1, 0.15) is 0 Å². The molecule has 0 aromatic rings. The van der Waals surface area contributed by atoms with Crippen LogP contribution in [-0.2, 0) is 0 Å². The average molecular weight is 608 g/mol. The van der Waals surface area contributed by atoms with Gasteiger partial charge in [-0.05, 0) is 0 Å². The summed E-state index contributed by atoms with van der Waals surface area (Å²) in [5.41, 5.74) is 0. The van der Waals surface area contributed by atoms with E-state index < -0.39 is 0 Å². The van der Waals surface area contributed by atoms with Crippen molar-refractivity contribution in [1.82, 2.24) is 0 Å². The predicted octanol–water partition coefficient (Wildman–Crippen LogP) is 9.45. The van der Waals surface area contributed by atoms with Crippen LogP contribution in [0, 0.1) is 0 Å². The van der Waals surface area contributed by atoms with Gasteiger partial charge in [0.15, 0.2) is 0 Å². The minimum absolute atomic E-state index is 0.434. The van der Waals surface area contributed by atoms with E-state index in [9.17, 15) is 0 Å². The minimum atomic E-state index is 0.434. The van der Waals surface area contributed by atoms with Crippen molar-refractivity contribution in [3.8, 4) is 0 Å². The Morgan fingerprint density at radius 1 is 0.333 bits per heavy atom. The van der Waals surface area contributed by atoms with E-state index >= 15 is 0 Å². The van der Waals surface area contributed by atoms with Crippen LogP contribution in [-0.4, -0.2) is 41.8 Å². The average Bonchev–Trinajstić information content (AvgIpc) is 2.68. The molecule has 0 nitrogen and oxygen atoms in total. The fourth-order valence-corrected chi connectivity index (χ4v) is 13.7. The van der Waals surface area contributed by atoms with Gasteiger partial charge in [0.2, 0.25) is 0 Å². The van der Waals surface area contributed by atoms with Crippen LogP contribution in [0.3, 0.4) is 0 Å². The second kappa shape index (κ2) is 27.6. The van der Waals surface area contributed by atoms with Gasteiger partial charge in [0.25, 0.3) is 0 Å². The molecule has 0 aliphatic heterocycles. The van der Waals surface area contributed by atoms with E-state index in [2.05, 4.69) is 13.8 Å². The first-order valence-electron chi connectivity index (χ1n) is 12.6. The quantitative estimate of drug-likeness (QED) is 0.0757. The molecule has 164 valence electrons. The number of hydrogen-bond donors (Lipinski definition) is 0. The van der Waals surface area contributed by atoms with E-state index in [0.717, 1.165) is 0 Å². The molecule has 2 heteroatoms. The summed E-state index contributed by atoms with van der Waals surface area (Å²) in [5.74, 6) is 0. The molecule has 0 spiro atoms. The SMILES string of the molecule is CCCCCCCCCCCC[Te]C[Te]CCCCCCCCCCCC. The first-order valence-corrected chi connectivity index (χ1v) is 19.2. The maximum absolute atomic E-state index is 2.31. The van der Waals surface area contributed by atoms with Crippen LogP contribution in [0.15, 0.2) is 0 Å². The van der Waals surface area contributed by atoms with Crippen molar-refractivity contribution >= 4 is 41.8 Å². The summed E-state index contributed by atoms with van der Waals surface area (Å²) in [5, 5.41) is 0. The molecule has 0 radical (unpaired) electrons. The Balaban J connectivity index is 2.95. The Labute approximate surface area is 194 Å². The fraction of sp³-hybridized carbons (Fsp3) is 1.00.